The van der Waals surface area contributed by atoms with Crippen molar-refractivity contribution >= 4 is 11.9 Å². The van der Waals surface area contributed by atoms with Gasteiger partial charge in [-0.05, 0) is 31.5 Å². The van der Waals surface area contributed by atoms with Crippen molar-refractivity contribution in [1.82, 2.24) is 10.6 Å². The Morgan fingerprint density at radius 1 is 1.45 bits per heavy atom. The van der Waals surface area contributed by atoms with Gasteiger partial charge < -0.3 is 10.1 Å². The minimum atomic E-state index is -0.548. The number of hydrogen-bond donors (Lipinski definition) is 2. The molecule has 6 nitrogen and oxygen atoms in total. The average molecular weight is 275 g/mol. The number of urea groups is 1. The first-order valence-corrected chi connectivity index (χ1v) is 6.28. The molecule has 0 saturated heterocycles. The van der Waals surface area contributed by atoms with E-state index in [0.717, 1.165) is 6.42 Å². The Hall–Kier alpha value is -2.55. The second-order valence-corrected chi connectivity index (χ2v) is 4.26. The first-order chi connectivity index (χ1) is 9.55. The smallest absolute Gasteiger partial charge is 0.321 e. The number of nitrogens with one attached hydrogen (secondary N) is 2. The molecule has 2 N–H and O–H groups in total. The molecule has 6 heteroatoms. The van der Waals surface area contributed by atoms with Gasteiger partial charge in [0, 0.05) is 6.04 Å². The van der Waals surface area contributed by atoms with E-state index in [1.54, 1.807) is 18.2 Å². The average Bonchev–Trinajstić information content (AvgIpc) is 2.45. The highest BCUT2D eigenvalue weighted by Crippen LogP contribution is 2.12. The summed E-state index contributed by atoms with van der Waals surface area (Å²) in [6.45, 7) is 3.48. The molecule has 0 bridgehead atoms. The van der Waals surface area contributed by atoms with E-state index in [9.17, 15) is 9.59 Å². The van der Waals surface area contributed by atoms with Crippen molar-refractivity contribution < 1.29 is 14.3 Å². The third-order valence-electron chi connectivity index (χ3n) is 2.58. The fraction of sp³-hybridized carbons (Fsp3) is 0.357. The number of rotatable bonds is 5. The maximum Gasteiger partial charge on any atom is 0.321 e. The zero-order valence-corrected chi connectivity index (χ0v) is 11.5. The maximum atomic E-state index is 11.5. The molecule has 1 rings (SSSR count). The molecule has 0 unspecified atom stereocenters. The van der Waals surface area contributed by atoms with Crippen LogP contribution < -0.4 is 15.4 Å². The SMILES string of the molecule is CC[C@H](C)NC(=O)NC(=O)COc1cccc(C#N)c1. The van der Waals surface area contributed by atoms with Gasteiger partial charge in [0.1, 0.15) is 5.75 Å². The van der Waals surface area contributed by atoms with E-state index < -0.39 is 11.9 Å². The topological polar surface area (TPSA) is 91.2 Å². The van der Waals surface area contributed by atoms with Crippen LogP contribution in [0.25, 0.3) is 0 Å². The number of ether oxygens (including phenoxy) is 1. The summed E-state index contributed by atoms with van der Waals surface area (Å²) >= 11 is 0. The van der Waals surface area contributed by atoms with Crippen LogP contribution in [0.4, 0.5) is 4.79 Å². The monoisotopic (exact) mass is 275 g/mol. The molecule has 0 spiro atoms. The lowest BCUT2D eigenvalue weighted by atomic mass is 10.2. The van der Waals surface area contributed by atoms with Crippen LogP contribution in [0, 0.1) is 11.3 Å². The van der Waals surface area contributed by atoms with Gasteiger partial charge in [-0.1, -0.05) is 13.0 Å². The quantitative estimate of drug-likeness (QED) is 0.853. The number of imide groups is 1. The molecule has 20 heavy (non-hydrogen) atoms. The van der Waals surface area contributed by atoms with Crippen LogP contribution in [-0.2, 0) is 4.79 Å². The molecule has 0 fully saturated rings. The van der Waals surface area contributed by atoms with Crippen LogP contribution in [0.1, 0.15) is 25.8 Å². The van der Waals surface area contributed by atoms with E-state index in [4.69, 9.17) is 10.00 Å². The summed E-state index contributed by atoms with van der Waals surface area (Å²) in [5, 5.41) is 13.5. The van der Waals surface area contributed by atoms with Gasteiger partial charge in [-0.15, -0.1) is 0 Å². The summed E-state index contributed by atoms with van der Waals surface area (Å²) in [6, 6.07) is 7.86. The molecule has 1 aromatic rings. The molecule has 0 aromatic heterocycles. The van der Waals surface area contributed by atoms with Crippen LogP contribution >= 0.6 is 0 Å². The van der Waals surface area contributed by atoms with Crippen molar-refractivity contribution in [2.24, 2.45) is 0 Å². The first kappa shape index (κ1) is 15.5. The minimum Gasteiger partial charge on any atom is -0.484 e. The predicted molar refractivity (Wildman–Crippen MR) is 73.1 cm³/mol. The van der Waals surface area contributed by atoms with Gasteiger partial charge in [-0.25, -0.2) is 4.79 Å². The van der Waals surface area contributed by atoms with Gasteiger partial charge in [0.2, 0.25) is 0 Å². The van der Waals surface area contributed by atoms with Crippen molar-refractivity contribution in [3.8, 4) is 11.8 Å². The molecule has 0 saturated carbocycles. The van der Waals surface area contributed by atoms with Crippen LogP contribution in [0.5, 0.6) is 5.75 Å². The molecule has 106 valence electrons. The van der Waals surface area contributed by atoms with Crippen molar-refractivity contribution in [3.63, 3.8) is 0 Å². The van der Waals surface area contributed by atoms with Gasteiger partial charge in [0.25, 0.3) is 5.91 Å². The van der Waals surface area contributed by atoms with Gasteiger partial charge in [0.15, 0.2) is 6.61 Å². The van der Waals surface area contributed by atoms with Crippen molar-refractivity contribution in [2.45, 2.75) is 26.3 Å². The Balaban J connectivity index is 2.40. The maximum absolute atomic E-state index is 11.5. The van der Waals surface area contributed by atoms with E-state index >= 15 is 0 Å². The summed E-state index contributed by atoms with van der Waals surface area (Å²) in [6.07, 6.45) is 0.777. The molecule has 1 atom stereocenters. The number of hydrogen-bond acceptors (Lipinski definition) is 4. The lowest BCUT2D eigenvalue weighted by Gasteiger charge is -2.12. The van der Waals surface area contributed by atoms with Crippen molar-refractivity contribution in [1.29, 1.82) is 5.26 Å². The molecule has 0 heterocycles. The van der Waals surface area contributed by atoms with Crippen LogP contribution in [-0.4, -0.2) is 24.6 Å². The Kier molecular flexibility index (Phi) is 6.04. The lowest BCUT2D eigenvalue weighted by molar-refractivity contribution is -0.122. The third kappa shape index (κ3) is 5.40. The zero-order chi connectivity index (χ0) is 15.0. The van der Waals surface area contributed by atoms with Crippen molar-refractivity contribution in [2.75, 3.05) is 6.61 Å². The van der Waals surface area contributed by atoms with Gasteiger partial charge in [0.05, 0.1) is 11.6 Å². The molecule has 0 radical (unpaired) electrons. The second kappa shape index (κ2) is 7.79. The van der Waals surface area contributed by atoms with E-state index in [2.05, 4.69) is 10.6 Å². The van der Waals surface area contributed by atoms with Crippen molar-refractivity contribution in [3.05, 3.63) is 29.8 Å². The molecular formula is C14H17N3O3. The van der Waals surface area contributed by atoms with Crippen LogP contribution in [0.2, 0.25) is 0 Å². The van der Waals surface area contributed by atoms with Gasteiger partial charge >= 0.3 is 6.03 Å². The fourth-order valence-electron chi connectivity index (χ4n) is 1.33. The molecule has 1 aromatic carbocycles. The van der Waals surface area contributed by atoms with Gasteiger partial charge in [-0.2, -0.15) is 5.26 Å². The number of carbonyl (C=O) groups excluding carboxylic acids is 2. The Morgan fingerprint density at radius 2 is 2.20 bits per heavy atom. The summed E-state index contributed by atoms with van der Waals surface area (Å²) in [7, 11) is 0. The summed E-state index contributed by atoms with van der Waals surface area (Å²) in [5.41, 5.74) is 0.442. The van der Waals surface area contributed by atoms with E-state index in [1.807, 2.05) is 19.9 Å². The predicted octanol–water partition coefficient (Wildman–Crippen LogP) is 1.56. The third-order valence-corrected chi connectivity index (χ3v) is 2.58. The van der Waals surface area contributed by atoms with E-state index in [1.165, 1.54) is 6.07 Å². The molecular weight excluding hydrogens is 258 g/mol. The molecule has 3 amide bonds. The highest BCUT2D eigenvalue weighted by Gasteiger charge is 2.10. The number of carbonyl (C=O) groups is 2. The highest BCUT2D eigenvalue weighted by atomic mass is 16.5. The van der Waals surface area contributed by atoms with E-state index in [-0.39, 0.29) is 12.6 Å². The Bertz CT molecular complexity index is 523. The molecule has 0 aliphatic carbocycles. The lowest BCUT2D eigenvalue weighted by Crippen LogP contribution is -2.44. The normalized spacial score (nSPS) is 11.1. The largest absolute Gasteiger partial charge is 0.484 e. The number of nitriles is 1. The van der Waals surface area contributed by atoms with E-state index in [0.29, 0.717) is 11.3 Å². The van der Waals surface area contributed by atoms with Crippen LogP contribution in [0.3, 0.4) is 0 Å². The zero-order valence-electron chi connectivity index (χ0n) is 11.5. The highest BCUT2D eigenvalue weighted by molar-refractivity contribution is 5.95. The number of benzene rings is 1. The van der Waals surface area contributed by atoms with Crippen LogP contribution in [0.15, 0.2) is 24.3 Å². The standard InChI is InChI=1S/C14H17N3O3/c1-3-10(2)16-14(19)17-13(18)9-20-12-6-4-5-11(7-12)8-15/h4-7,10H,3,9H2,1-2H3,(H2,16,17,18,19)/t10-/m0/s1. The molecule has 0 aliphatic heterocycles. The Labute approximate surface area is 117 Å². The number of nitrogens with zero attached hydrogens (tertiary/aromatic N) is 1. The van der Waals surface area contributed by atoms with Gasteiger partial charge in [-0.3, -0.25) is 10.1 Å². The number of amides is 3. The Morgan fingerprint density at radius 3 is 2.85 bits per heavy atom. The summed E-state index contributed by atoms with van der Waals surface area (Å²) in [4.78, 5) is 22.9. The minimum absolute atomic E-state index is 0.00368. The second-order valence-electron chi connectivity index (χ2n) is 4.26. The first-order valence-electron chi connectivity index (χ1n) is 6.28. The summed E-state index contributed by atoms with van der Waals surface area (Å²) < 4.78 is 5.20. The fourth-order valence-corrected chi connectivity index (χ4v) is 1.33. The molecule has 0 aliphatic rings. The summed E-state index contributed by atoms with van der Waals surface area (Å²) in [5.74, 6) is -0.144.